The second-order valence-corrected chi connectivity index (χ2v) is 6.73. The molecule has 126 valence electrons. The lowest BCUT2D eigenvalue weighted by molar-refractivity contribution is -0.142. The van der Waals surface area contributed by atoms with Crippen molar-refractivity contribution >= 4 is 23.6 Å². The maximum atomic E-state index is 12.3. The minimum atomic E-state index is -0.935. The molecule has 0 saturated carbocycles. The van der Waals surface area contributed by atoms with Crippen LogP contribution in [0.5, 0.6) is 0 Å². The fourth-order valence-electron chi connectivity index (χ4n) is 2.30. The maximum absolute atomic E-state index is 12.3. The zero-order chi connectivity index (χ0) is 17.5. The Morgan fingerprint density at radius 3 is 2.29 bits per heavy atom. The summed E-state index contributed by atoms with van der Waals surface area (Å²) in [5.74, 6) is -1.57. The zero-order valence-electron chi connectivity index (χ0n) is 13.7. The van der Waals surface area contributed by atoms with E-state index in [1.54, 1.807) is 6.92 Å². The number of carboxylic acid groups (broad SMARTS) is 1. The molecule has 0 aromatic heterocycles. The number of benzene rings is 2. The Balaban J connectivity index is 2.01. The summed E-state index contributed by atoms with van der Waals surface area (Å²) in [7, 11) is 0. The molecule has 2 aromatic rings. The highest BCUT2D eigenvalue weighted by Crippen LogP contribution is 2.23. The van der Waals surface area contributed by atoms with E-state index < -0.39 is 17.9 Å². The number of aliphatic carboxylic acids is 1. The SMILES string of the molecule is Cc1ccc(SCC(=O)NC(c2ccccc2)C(C)C(=O)O)cc1. The molecule has 0 bridgehead atoms. The lowest BCUT2D eigenvalue weighted by atomic mass is 9.94. The molecule has 0 heterocycles. The average molecular weight is 343 g/mol. The van der Waals surface area contributed by atoms with Crippen LogP contribution in [0.4, 0.5) is 0 Å². The van der Waals surface area contributed by atoms with Gasteiger partial charge >= 0.3 is 5.97 Å². The molecule has 2 N–H and O–H groups in total. The summed E-state index contributed by atoms with van der Waals surface area (Å²) in [6.45, 7) is 3.62. The van der Waals surface area contributed by atoms with Gasteiger partial charge in [-0.3, -0.25) is 9.59 Å². The van der Waals surface area contributed by atoms with Gasteiger partial charge in [0.25, 0.3) is 0 Å². The van der Waals surface area contributed by atoms with Gasteiger partial charge in [-0.2, -0.15) is 0 Å². The van der Waals surface area contributed by atoms with E-state index in [2.05, 4.69) is 5.32 Å². The third-order valence-corrected chi connectivity index (χ3v) is 4.77. The second kappa shape index (κ2) is 8.55. The van der Waals surface area contributed by atoms with Crippen molar-refractivity contribution in [2.75, 3.05) is 5.75 Å². The first-order valence-electron chi connectivity index (χ1n) is 7.74. The third-order valence-electron chi connectivity index (χ3n) is 3.76. The second-order valence-electron chi connectivity index (χ2n) is 5.68. The molecule has 2 rings (SSSR count). The Kier molecular flexibility index (Phi) is 6.44. The third kappa shape index (κ3) is 5.13. The number of aryl methyl sites for hydroxylation is 1. The van der Waals surface area contributed by atoms with Crippen LogP contribution in [0.1, 0.15) is 24.1 Å². The van der Waals surface area contributed by atoms with Crippen molar-refractivity contribution in [1.29, 1.82) is 0 Å². The zero-order valence-corrected chi connectivity index (χ0v) is 14.5. The van der Waals surface area contributed by atoms with Crippen LogP contribution in [-0.4, -0.2) is 22.7 Å². The van der Waals surface area contributed by atoms with E-state index in [1.807, 2.05) is 61.5 Å². The number of hydrogen-bond acceptors (Lipinski definition) is 3. The first kappa shape index (κ1) is 18.1. The van der Waals surface area contributed by atoms with Crippen molar-refractivity contribution in [3.05, 3.63) is 65.7 Å². The fourth-order valence-corrected chi connectivity index (χ4v) is 3.01. The van der Waals surface area contributed by atoms with Crippen molar-refractivity contribution in [2.45, 2.75) is 24.8 Å². The van der Waals surface area contributed by atoms with E-state index in [9.17, 15) is 14.7 Å². The molecule has 0 radical (unpaired) electrons. The van der Waals surface area contributed by atoms with Crippen molar-refractivity contribution < 1.29 is 14.7 Å². The Labute approximate surface area is 146 Å². The number of carboxylic acids is 1. The van der Waals surface area contributed by atoms with Crippen molar-refractivity contribution in [3.63, 3.8) is 0 Å². The monoisotopic (exact) mass is 343 g/mol. The Bertz CT molecular complexity index is 686. The lowest BCUT2D eigenvalue weighted by Crippen LogP contribution is -2.36. The van der Waals surface area contributed by atoms with Crippen LogP contribution in [0.3, 0.4) is 0 Å². The Morgan fingerprint density at radius 1 is 1.08 bits per heavy atom. The molecule has 24 heavy (non-hydrogen) atoms. The van der Waals surface area contributed by atoms with Crippen molar-refractivity contribution in [3.8, 4) is 0 Å². The van der Waals surface area contributed by atoms with Crippen LogP contribution >= 0.6 is 11.8 Å². The number of rotatable bonds is 7. The summed E-state index contributed by atoms with van der Waals surface area (Å²) in [5, 5.41) is 12.2. The lowest BCUT2D eigenvalue weighted by Gasteiger charge is -2.23. The maximum Gasteiger partial charge on any atom is 0.308 e. The highest BCUT2D eigenvalue weighted by molar-refractivity contribution is 8.00. The van der Waals surface area contributed by atoms with Crippen molar-refractivity contribution in [2.24, 2.45) is 5.92 Å². The van der Waals surface area contributed by atoms with Crippen molar-refractivity contribution in [1.82, 2.24) is 5.32 Å². The van der Waals surface area contributed by atoms with Gasteiger partial charge in [0, 0.05) is 4.90 Å². The molecular weight excluding hydrogens is 322 g/mol. The molecule has 0 aliphatic rings. The molecule has 0 aliphatic carbocycles. The summed E-state index contributed by atoms with van der Waals surface area (Å²) in [5.41, 5.74) is 1.96. The van der Waals surface area contributed by atoms with Gasteiger partial charge in [-0.15, -0.1) is 11.8 Å². The van der Waals surface area contributed by atoms with Crippen LogP contribution in [-0.2, 0) is 9.59 Å². The molecule has 0 spiro atoms. The largest absolute Gasteiger partial charge is 0.481 e. The normalized spacial score (nSPS) is 13.1. The molecule has 0 saturated heterocycles. The predicted octanol–water partition coefficient (Wildman–Crippen LogP) is 3.67. The molecule has 2 unspecified atom stereocenters. The molecule has 2 aromatic carbocycles. The van der Waals surface area contributed by atoms with Gasteiger partial charge in [-0.05, 0) is 31.5 Å². The minimum Gasteiger partial charge on any atom is -0.481 e. The molecule has 2 atom stereocenters. The Hall–Kier alpha value is -2.27. The van der Waals surface area contributed by atoms with E-state index in [0.717, 1.165) is 10.5 Å². The molecule has 4 nitrogen and oxygen atoms in total. The highest BCUT2D eigenvalue weighted by Gasteiger charge is 2.26. The molecule has 5 heteroatoms. The molecule has 0 fully saturated rings. The van der Waals surface area contributed by atoms with Gasteiger partial charge in [0.2, 0.25) is 5.91 Å². The van der Waals surface area contributed by atoms with Gasteiger partial charge in [-0.25, -0.2) is 0 Å². The summed E-state index contributed by atoms with van der Waals surface area (Å²) in [6.07, 6.45) is 0. The number of carbonyl (C=O) groups is 2. The molecule has 1 amide bonds. The van der Waals surface area contributed by atoms with Gasteiger partial charge in [0.1, 0.15) is 0 Å². The molecule has 0 aliphatic heterocycles. The fraction of sp³-hybridized carbons (Fsp3) is 0.263. The van der Waals surface area contributed by atoms with E-state index in [4.69, 9.17) is 0 Å². The van der Waals surface area contributed by atoms with E-state index in [-0.39, 0.29) is 11.7 Å². The Morgan fingerprint density at radius 2 is 1.71 bits per heavy atom. The summed E-state index contributed by atoms with van der Waals surface area (Å²) in [6, 6.07) is 16.6. The van der Waals surface area contributed by atoms with E-state index >= 15 is 0 Å². The van der Waals surface area contributed by atoms with Crippen LogP contribution in [0.25, 0.3) is 0 Å². The van der Waals surface area contributed by atoms with Gasteiger partial charge in [-0.1, -0.05) is 48.0 Å². The predicted molar refractivity (Wildman–Crippen MR) is 96.0 cm³/mol. The summed E-state index contributed by atoms with van der Waals surface area (Å²) in [4.78, 5) is 24.6. The standard InChI is InChI=1S/C19H21NO3S/c1-13-8-10-16(11-9-13)24-12-17(21)20-18(14(2)19(22)23)15-6-4-3-5-7-15/h3-11,14,18H,12H2,1-2H3,(H,20,21)(H,22,23). The number of hydrogen-bond donors (Lipinski definition) is 2. The highest BCUT2D eigenvalue weighted by atomic mass is 32.2. The summed E-state index contributed by atoms with van der Waals surface area (Å²) >= 11 is 1.44. The first-order chi connectivity index (χ1) is 11.5. The number of nitrogens with one attached hydrogen (secondary N) is 1. The number of amides is 1. The van der Waals surface area contributed by atoms with Gasteiger partial charge < -0.3 is 10.4 Å². The van der Waals surface area contributed by atoms with Crippen LogP contribution in [0.2, 0.25) is 0 Å². The minimum absolute atomic E-state index is 0.178. The average Bonchev–Trinajstić information content (AvgIpc) is 2.59. The first-order valence-corrected chi connectivity index (χ1v) is 8.72. The number of carbonyl (C=O) groups excluding carboxylic acids is 1. The smallest absolute Gasteiger partial charge is 0.308 e. The van der Waals surface area contributed by atoms with E-state index in [1.165, 1.54) is 17.3 Å². The van der Waals surface area contributed by atoms with E-state index in [0.29, 0.717) is 0 Å². The van der Waals surface area contributed by atoms with Crippen LogP contribution < -0.4 is 5.32 Å². The topological polar surface area (TPSA) is 66.4 Å². The quantitative estimate of drug-likeness (QED) is 0.753. The van der Waals surface area contributed by atoms with Gasteiger partial charge in [0.05, 0.1) is 17.7 Å². The van der Waals surface area contributed by atoms with Gasteiger partial charge in [0.15, 0.2) is 0 Å². The van der Waals surface area contributed by atoms with Crippen LogP contribution in [0, 0.1) is 12.8 Å². The summed E-state index contributed by atoms with van der Waals surface area (Å²) < 4.78 is 0. The molecular formula is C19H21NO3S. The van der Waals surface area contributed by atoms with Crippen LogP contribution in [0.15, 0.2) is 59.5 Å². The number of thioether (sulfide) groups is 1.